The summed E-state index contributed by atoms with van der Waals surface area (Å²) in [6.07, 6.45) is 3.30. The van der Waals surface area contributed by atoms with Gasteiger partial charge in [-0.3, -0.25) is 4.79 Å². The molecule has 0 saturated carbocycles. The lowest BCUT2D eigenvalue weighted by atomic mass is 9.74. The van der Waals surface area contributed by atoms with E-state index in [4.69, 9.17) is 0 Å². The highest BCUT2D eigenvalue weighted by molar-refractivity contribution is 5.98. The summed E-state index contributed by atoms with van der Waals surface area (Å²) in [6.45, 7) is 7.47. The first-order valence-electron chi connectivity index (χ1n) is 4.69. The van der Waals surface area contributed by atoms with E-state index >= 15 is 0 Å². The zero-order valence-electron chi connectivity index (χ0n) is 8.85. The number of hydrogen-bond acceptors (Lipinski definition) is 2. The Balaban J connectivity index is 2.92. The van der Waals surface area contributed by atoms with Crippen LogP contribution in [0.5, 0.6) is 0 Å². The lowest BCUT2D eigenvalue weighted by molar-refractivity contribution is -0.119. The topological polar surface area (TPSA) is 37.3 Å². The van der Waals surface area contributed by atoms with Crippen molar-refractivity contribution in [2.24, 2.45) is 5.41 Å². The third-order valence-electron chi connectivity index (χ3n) is 2.46. The van der Waals surface area contributed by atoms with Gasteiger partial charge in [0, 0.05) is 12.0 Å². The molecule has 1 aliphatic carbocycles. The van der Waals surface area contributed by atoms with Crippen LogP contribution in [0.25, 0.3) is 0 Å². The molecule has 0 heterocycles. The molecule has 0 atom stereocenters. The number of ketones is 1. The van der Waals surface area contributed by atoms with Gasteiger partial charge in [0.1, 0.15) is 0 Å². The Labute approximate surface area is 79.6 Å². The van der Waals surface area contributed by atoms with Gasteiger partial charge in [-0.1, -0.05) is 19.9 Å². The van der Waals surface area contributed by atoms with Gasteiger partial charge in [0.2, 0.25) is 0 Å². The number of carbonyl (C=O) groups is 1. The largest absolute Gasteiger partial charge is 0.386 e. The van der Waals surface area contributed by atoms with Crippen LogP contribution < -0.4 is 0 Å². The van der Waals surface area contributed by atoms with Crippen molar-refractivity contribution in [1.82, 2.24) is 0 Å². The Bertz CT molecular complexity index is 254. The highest BCUT2D eigenvalue weighted by Gasteiger charge is 2.33. The van der Waals surface area contributed by atoms with Crippen LogP contribution >= 0.6 is 0 Å². The third kappa shape index (κ3) is 2.41. The first-order valence-corrected chi connectivity index (χ1v) is 4.69. The SMILES string of the molecule is CC1(C)CC=C(C(C)(C)O)C(=O)C1. The Morgan fingerprint density at radius 1 is 1.46 bits per heavy atom. The molecule has 0 aliphatic heterocycles. The second kappa shape index (κ2) is 2.95. The van der Waals surface area contributed by atoms with Crippen LogP contribution in [0.4, 0.5) is 0 Å². The van der Waals surface area contributed by atoms with Crippen molar-refractivity contribution in [3.05, 3.63) is 11.6 Å². The maximum Gasteiger partial charge on any atom is 0.161 e. The van der Waals surface area contributed by atoms with Gasteiger partial charge in [0.05, 0.1) is 5.60 Å². The molecule has 0 fully saturated rings. The molecule has 0 amide bonds. The highest BCUT2D eigenvalue weighted by Crippen LogP contribution is 2.35. The van der Waals surface area contributed by atoms with Crippen LogP contribution in [0.15, 0.2) is 11.6 Å². The molecule has 1 aliphatic rings. The van der Waals surface area contributed by atoms with E-state index in [1.165, 1.54) is 0 Å². The van der Waals surface area contributed by atoms with Gasteiger partial charge in [-0.25, -0.2) is 0 Å². The Morgan fingerprint density at radius 2 is 2.00 bits per heavy atom. The van der Waals surface area contributed by atoms with Crippen LogP contribution in [-0.4, -0.2) is 16.5 Å². The van der Waals surface area contributed by atoms with Crippen molar-refractivity contribution in [3.63, 3.8) is 0 Å². The zero-order valence-corrected chi connectivity index (χ0v) is 8.85. The van der Waals surface area contributed by atoms with Crippen molar-refractivity contribution < 1.29 is 9.90 Å². The van der Waals surface area contributed by atoms with Crippen LogP contribution in [0.1, 0.15) is 40.5 Å². The number of allylic oxidation sites excluding steroid dienone is 1. The molecule has 13 heavy (non-hydrogen) atoms. The lowest BCUT2D eigenvalue weighted by Gasteiger charge is -2.31. The lowest BCUT2D eigenvalue weighted by Crippen LogP contribution is -2.33. The molecule has 0 radical (unpaired) electrons. The van der Waals surface area contributed by atoms with Crippen LogP contribution in [-0.2, 0) is 4.79 Å². The van der Waals surface area contributed by atoms with E-state index < -0.39 is 5.60 Å². The van der Waals surface area contributed by atoms with Gasteiger partial charge >= 0.3 is 0 Å². The van der Waals surface area contributed by atoms with Gasteiger partial charge in [-0.05, 0) is 25.7 Å². The van der Waals surface area contributed by atoms with Gasteiger partial charge < -0.3 is 5.11 Å². The highest BCUT2D eigenvalue weighted by atomic mass is 16.3. The summed E-state index contributed by atoms with van der Waals surface area (Å²) in [4.78, 5) is 11.6. The molecule has 1 N–H and O–H groups in total. The van der Waals surface area contributed by atoms with Crippen molar-refractivity contribution in [2.45, 2.75) is 46.1 Å². The van der Waals surface area contributed by atoms with Crippen LogP contribution in [0, 0.1) is 5.41 Å². The first kappa shape index (κ1) is 10.5. The van der Waals surface area contributed by atoms with E-state index in [2.05, 4.69) is 13.8 Å². The molecule has 0 saturated heterocycles. The second-order valence-corrected chi connectivity index (χ2v) is 5.15. The zero-order chi connectivity index (χ0) is 10.3. The summed E-state index contributed by atoms with van der Waals surface area (Å²) in [5.41, 5.74) is -0.341. The van der Waals surface area contributed by atoms with Gasteiger partial charge in [-0.15, -0.1) is 0 Å². The molecule has 2 heteroatoms. The van der Waals surface area contributed by atoms with E-state index in [-0.39, 0.29) is 11.2 Å². The fourth-order valence-corrected chi connectivity index (χ4v) is 1.69. The Kier molecular flexibility index (Phi) is 2.37. The summed E-state index contributed by atoms with van der Waals surface area (Å²) in [6, 6.07) is 0. The van der Waals surface area contributed by atoms with E-state index in [1.807, 2.05) is 6.08 Å². The molecule has 0 aromatic carbocycles. The summed E-state index contributed by atoms with van der Waals surface area (Å²) in [7, 11) is 0. The second-order valence-electron chi connectivity index (χ2n) is 5.15. The maximum atomic E-state index is 11.6. The fourth-order valence-electron chi connectivity index (χ4n) is 1.69. The first-order chi connectivity index (χ1) is 5.72. The molecule has 0 spiro atoms. The monoisotopic (exact) mass is 182 g/mol. The minimum Gasteiger partial charge on any atom is -0.386 e. The molecule has 2 nitrogen and oxygen atoms in total. The summed E-state index contributed by atoms with van der Waals surface area (Å²) >= 11 is 0. The van der Waals surface area contributed by atoms with Crippen LogP contribution in [0.2, 0.25) is 0 Å². The summed E-state index contributed by atoms with van der Waals surface area (Å²) in [5.74, 6) is 0.0868. The number of hydrogen-bond donors (Lipinski definition) is 1. The Morgan fingerprint density at radius 3 is 2.38 bits per heavy atom. The predicted octanol–water partition coefficient (Wildman–Crippen LogP) is 2.07. The molecule has 1 rings (SSSR count). The molecule has 0 aromatic rings. The fraction of sp³-hybridized carbons (Fsp3) is 0.727. The smallest absolute Gasteiger partial charge is 0.161 e. The van der Waals surface area contributed by atoms with E-state index in [9.17, 15) is 9.90 Å². The quantitative estimate of drug-likeness (QED) is 0.674. The van der Waals surface area contributed by atoms with E-state index in [0.717, 1.165) is 6.42 Å². The standard InChI is InChI=1S/C11H18O2/c1-10(2)6-5-8(9(12)7-10)11(3,4)13/h5,13H,6-7H2,1-4H3. The van der Waals surface area contributed by atoms with Crippen molar-refractivity contribution >= 4 is 5.78 Å². The summed E-state index contributed by atoms with van der Waals surface area (Å²) in [5, 5.41) is 9.69. The van der Waals surface area contributed by atoms with Gasteiger partial charge in [-0.2, -0.15) is 0 Å². The molecule has 74 valence electrons. The van der Waals surface area contributed by atoms with Crippen molar-refractivity contribution in [3.8, 4) is 0 Å². The molecule has 0 aromatic heterocycles. The maximum absolute atomic E-state index is 11.6. The number of rotatable bonds is 1. The third-order valence-corrected chi connectivity index (χ3v) is 2.46. The van der Waals surface area contributed by atoms with Crippen molar-refractivity contribution in [2.75, 3.05) is 0 Å². The Hall–Kier alpha value is -0.630. The van der Waals surface area contributed by atoms with E-state index in [1.54, 1.807) is 13.8 Å². The molecule has 0 bridgehead atoms. The van der Waals surface area contributed by atoms with Gasteiger partial charge in [0.25, 0.3) is 0 Å². The normalized spacial score (nSPS) is 22.8. The average Bonchev–Trinajstić information content (AvgIpc) is 1.80. The minimum atomic E-state index is -0.979. The number of aliphatic hydroxyl groups is 1. The average molecular weight is 182 g/mol. The molecular weight excluding hydrogens is 164 g/mol. The minimum absolute atomic E-state index is 0.0613. The van der Waals surface area contributed by atoms with Crippen LogP contribution in [0.3, 0.4) is 0 Å². The molecule has 0 unspecified atom stereocenters. The number of Topliss-reactive ketones (excluding diaryl/α,β-unsaturated/α-hetero) is 1. The predicted molar refractivity (Wildman–Crippen MR) is 52.4 cm³/mol. The van der Waals surface area contributed by atoms with Gasteiger partial charge in [0.15, 0.2) is 5.78 Å². The molecular formula is C11H18O2. The van der Waals surface area contributed by atoms with Crippen molar-refractivity contribution in [1.29, 1.82) is 0 Å². The van der Waals surface area contributed by atoms with E-state index in [0.29, 0.717) is 12.0 Å². The number of carbonyl (C=O) groups excluding carboxylic acids is 1. The summed E-state index contributed by atoms with van der Waals surface area (Å²) < 4.78 is 0.